The summed E-state index contributed by atoms with van der Waals surface area (Å²) >= 11 is 6.00. The third-order valence-electron chi connectivity index (χ3n) is 4.16. The second kappa shape index (κ2) is 7.70. The monoisotopic (exact) mass is 359 g/mol. The van der Waals surface area contributed by atoms with Gasteiger partial charge in [-0.3, -0.25) is 5.32 Å². The number of carbonyl (C=O) groups is 1. The molecule has 1 saturated heterocycles. The summed E-state index contributed by atoms with van der Waals surface area (Å²) in [4.78, 5) is 23.3. The second-order valence-electron chi connectivity index (χ2n) is 6.28. The number of benzene rings is 1. The lowest BCUT2D eigenvalue weighted by Crippen LogP contribution is -2.31. The molecular formula is C18H22ClN5O. The van der Waals surface area contributed by atoms with Crippen LogP contribution < -0.4 is 15.5 Å². The zero-order chi connectivity index (χ0) is 17.8. The molecule has 0 radical (unpaired) electrons. The average molecular weight is 360 g/mol. The van der Waals surface area contributed by atoms with E-state index in [9.17, 15) is 4.79 Å². The zero-order valence-corrected chi connectivity index (χ0v) is 15.2. The van der Waals surface area contributed by atoms with Gasteiger partial charge >= 0.3 is 6.03 Å². The summed E-state index contributed by atoms with van der Waals surface area (Å²) in [6, 6.07) is 6.90. The molecule has 1 fully saturated rings. The number of halogens is 1. The van der Waals surface area contributed by atoms with Crippen LogP contribution in [-0.4, -0.2) is 29.1 Å². The lowest BCUT2D eigenvalue weighted by atomic mass is 10.1. The Labute approximate surface area is 152 Å². The number of piperidine rings is 1. The van der Waals surface area contributed by atoms with E-state index < -0.39 is 0 Å². The van der Waals surface area contributed by atoms with E-state index in [2.05, 4.69) is 25.5 Å². The number of urea groups is 1. The number of aryl methyl sites for hydroxylation is 2. The summed E-state index contributed by atoms with van der Waals surface area (Å²) in [5, 5.41) is 6.15. The molecule has 0 spiro atoms. The molecule has 132 valence electrons. The Bertz CT molecular complexity index is 774. The highest BCUT2D eigenvalue weighted by Gasteiger charge is 2.15. The van der Waals surface area contributed by atoms with Crippen molar-refractivity contribution in [2.24, 2.45) is 0 Å². The number of nitrogens with zero attached hydrogens (tertiary/aromatic N) is 3. The number of hydrogen-bond acceptors (Lipinski definition) is 4. The molecule has 1 aliphatic heterocycles. The van der Waals surface area contributed by atoms with Crippen molar-refractivity contribution in [3.05, 3.63) is 40.5 Å². The molecular weight excluding hydrogens is 338 g/mol. The Kier molecular flexibility index (Phi) is 5.38. The van der Waals surface area contributed by atoms with Crippen LogP contribution in [0.1, 0.15) is 30.5 Å². The summed E-state index contributed by atoms with van der Waals surface area (Å²) < 4.78 is 0. The van der Waals surface area contributed by atoms with Gasteiger partial charge in [-0.05, 0) is 56.9 Å². The molecule has 6 nitrogen and oxygen atoms in total. The molecule has 0 bridgehead atoms. The molecule has 0 unspecified atom stereocenters. The Morgan fingerprint density at radius 3 is 2.56 bits per heavy atom. The molecule has 7 heteroatoms. The fourth-order valence-electron chi connectivity index (χ4n) is 2.88. The Balaban J connectivity index is 1.69. The normalized spacial score (nSPS) is 14.3. The van der Waals surface area contributed by atoms with Crippen molar-refractivity contribution >= 4 is 35.1 Å². The first-order chi connectivity index (χ1) is 12.0. The lowest BCUT2D eigenvalue weighted by Gasteiger charge is -2.28. The molecule has 0 aliphatic carbocycles. The predicted octanol–water partition coefficient (Wildman–Crippen LogP) is 4.38. The first-order valence-electron chi connectivity index (χ1n) is 8.46. The Morgan fingerprint density at radius 2 is 1.84 bits per heavy atom. The van der Waals surface area contributed by atoms with Gasteiger partial charge in [-0.1, -0.05) is 11.6 Å². The number of anilines is 3. The predicted molar refractivity (Wildman–Crippen MR) is 102 cm³/mol. The summed E-state index contributed by atoms with van der Waals surface area (Å²) in [6.07, 6.45) is 3.60. The maximum Gasteiger partial charge on any atom is 0.326 e. The van der Waals surface area contributed by atoms with Crippen molar-refractivity contribution in [1.82, 2.24) is 9.97 Å². The summed E-state index contributed by atoms with van der Waals surface area (Å²) in [5.41, 5.74) is 2.40. The van der Waals surface area contributed by atoms with Gasteiger partial charge in [0.05, 0.1) is 0 Å². The highest BCUT2D eigenvalue weighted by Crippen LogP contribution is 2.21. The molecule has 2 heterocycles. The van der Waals surface area contributed by atoms with E-state index >= 15 is 0 Å². The third-order valence-corrected chi connectivity index (χ3v) is 4.59. The van der Waals surface area contributed by atoms with Crippen LogP contribution in [0, 0.1) is 13.8 Å². The van der Waals surface area contributed by atoms with Crippen molar-refractivity contribution in [3.8, 4) is 0 Å². The largest absolute Gasteiger partial charge is 0.356 e. The van der Waals surface area contributed by atoms with Crippen LogP contribution in [0.4, 0.5) is 22.2 Å². The van der Waals surface area contributed by atoms with E-state index in [1.54, 1.807) is 12.1 Å². The van der Waals surface area contributed by atoms with Gasteiger partial charge in [0.2, 0.25) is 5.95 Å². The summed E-state index contributed by atoms with van der Waals surface area (Å²) in [5.74, 6) is 1.17. The molecule has 1 aromatic carbocycles. The average Bonchev–Trinajstić information content (AvgIpc) is 2.58. The molecule has 2 amide bonds. The molecule has 3 rings (SSSR count). The molecule has 1 aliphatic rings. The second-order valence-corrected chi connectivity index (χ2v) is 6.69. The van der Waals surface area contributed by atoms with Crippen LogP contribution in [0.2, 0.25) is 5.02 Å². The fourth-order valence-corrected chi connectivity index (χ4v) is 3.00. The highest BCUT2D eigenvalue weighted by molar-refractivity contribution is 6.31. The quantitative estimate of drug-likeness (QED) is 0.853. The maximum absolute atomic E-state index is 12.2. The van der Waals surface area contributed by atoms with E-state index in [1.807, 2.05) is 26.0 Å². The van der Waals surface area contributed by atoms with Gasteiger partial charge < -0.3 is 10.2 Å². The molecule has 2 N–H and O–H groups in total. The first kappa shape index (κ1) is 17.5. The minimum Gasteiger partial charge on any atom is -0.356 e. The minimum absolute atomic E-state index is 0.309. The SMILES string of the molecule is Cc1cc(N2CCCCC2)nc(NC(=O)Nc2ccc(Cl)c(C)c2)n1. The van der Waals surface area contributed by atoms with Gasteiger partial charge in [0, 0.05) is 35.6 Å². The van der Waals surface area contributed by atoms with E-state index in [-0.39, 0.29) is 6.03 Å². The van der Waals surface area contributed by atoms with Crippen molar-refractivity contribution in [2.45, 2.75) is 33.1 Å². The summed E-state index contributed by atoms with van der Waals surface area (Å²) in [6.45, 7) is 5.78. The minimum atomic E-state index is -0.378. The van der Waals surface area contributed by atoms with Gasteiger partial charge in [-0.15, -0.1) is 0 Å². The van der Waals surface area contributed by atoms with Crippen molar-refractivity contribution in [2.75, 3.05) is 28.6 Å². The lowest BCUT2D eigenvalue weighted by molar-refractivity contribution is 0.262. The van der Waals surface area contributed by atoms with Crippen LogP contribution in [0.5, 0.6) is 0 Å². The van der Waals surface area contributed by atoms with E-state index in [4.69, 9.17) is 11.6 Å². The zero-order valence-electron chi connectivity index (χ0n) is 14.5. The van der Waals surface area contributed by atoms with Crippen LogP contribution in [0.25, 0.3) is 0 Å². The van der Waals surface area contributed by atoms with Gasteiger partial charge in [-0.25, -0.2) is 9.78 Å². The number of rotatable bonds is 3. The molecule has 25 heavy (non-hydrogen) atoms. The molecule has 2 aromatic rings. The van der Waals surface area contributed by atoms with Gasteiger partial charge in [0.1, 0.15) is 5.82 Å². The Hall–Kier alpha value is -2.34. The molecule has 0 saturated carbocycles. The molecule has 0 atom stereocenters. The van der Waals surface area contributed by atoms with E-state index in [0.717, 1.165) is 30.2 Å². The van der Waals surface area contributed by atoms with Crippen LogP contribution in [0.3, 0.4) is 0 Å². The number of aromatic nitrogens is 2. The van der Waals surface area contributed by atoms with Gasteiger partial charge in [0.15, 0.2) is 0 Å². The van der Waals surface area contributed by atoms with E-state index in [0.29, 0.717) is 16.7 Å². The molecule has 1 aromatic heterocycles. The van der Waals surface area contributed by atoms with Crippen molar-refractivity contribution in [3.63, 3.8) is 0 Å². The van der Waals surface area contributed by atoms with Crippen molar-refractivity contribution in [1.29, 1.82) is 0 Å². The standard InChI is InChI=1S/C18H22ClN5O/c1-12-10-14(6-7-15(12)19)21-18(25)23-17-20-13(2)11-16(22-17)24-8-4-3-5-9-24/h6-7,10-11H,3-5,8-9H2,1-2H3,(H2,20,21,22,23,25). The summed E-state index contributed by atoms with van der Waals surface area (Å²) in [7, 11) is 0. The smallest absolute Gasteiger partial charge is 0.326 e. The Morgan fingerprint density at radius 1 is 1.08 bits per heavy atom. The van der Waals surface area contributed by atoms with Crippen molar-refractivity contribution < 1.29 is 4.79 Å². The number of carbonyl (C=O) groups excluding carboxylic acids is 1. The topological polar surface area (TPSA) is 70.2 Å². The number of nitrogens with one attached hydrogen (secondary N) is 2. The third kappa shape index (κ3) is 4.60. The number of amides is 2. The van der Waals surface area contributed by atoms with E-state index in [1.165, 1.54) is 19.3 Å². The van der Waals surface area contributed by atoms with Gasteiger partial charge in [0.25, 0.3) is 0 Å². The highest BCUT2D eigenvalue weighted by atomic mass is 35.5. The van der Waals surface area contributed by atoms with Crippen LogP contribution in [0.15, 0.2) is 24.3 Å². The first-order valence-corrected chi connectivity index (χ1v) is 8.84. The van der Waals surface area contributed by atoms with Crippen LogP contribution in [-0.2, 0) is 0 Å². The number of hydrogen-bond donors (Lipinski definition) is 2. The fraction of sp³-hybridized carbons (Fsp3) is 0.389. The van der Waals surface area contributed by atoms with Gasteiger partial charge in [-0.2, -0.15) is 4.98 Å². The maximum atomic E-state index is 12.2. The van der Waals surface area contributed by atoms with Crippen LogP contribution >= 0.6 is 11.6 Å².